The van der Waals surface area contributed by atoms with Crippen molar-refractivity contribution in [2.24, 2.45) is 4.99 Å². The van der Waals surface area contributed by atoms with Gasteiger partial charge in [-0.05, 0) is 18.2 Å². The van der Waals surface area contributed by atoms with Crippen LogP contribution in [0, 0.1) is 10.1 Å². The maximum Gasteiger partial charge on any atom is 0.269 e. The van der Waals surface area contributed by atoms with Crippen LogP contribution >= 0.6 is 0 Å². The molecule has 0 unspecified atom stereocenters. The number of nitro benzene ring substituents is 1. The van der Waals surface area contributed by atoms with Crippen LogP contribution in [-0.2, 0) is 4.79 Å². The third kappa shape index (κ3) is 2.51. The summed E-state index contributed by atoms with van der Waals surface area (Å²) in [6, 6.07) is 13.5. The Balaban J connectivity index is 2.08. The lowest BCUT2D eigenvalue weighted by Crippen LogP contribution is -2.13. The lowest BCUT2D eigenvalue weighted by atomic mass is 10.0. The van der Waals surface area contributed by atoms with Crippen LogP contribution in [0.3, 0.4) is 0 Å². The molecule has 2 aromatic rings. The highest BCUT2D eigenvalue weighted by Gasteiger charge is 2.17. The van der Waals surface area contributed by atoms with E-state index >= 15 is 0 Å². The zero-order valence-corrected chi connectivity index (χ0v) is 10.9. The van der Waals surface area contributed by atoms with Crippen LogP contribution in [0.5, 0.6) is 0 Å². The Labute approximate surface area is 120 Å². The summed E-state index contributed by atoms with van der Waals surface area (Å²) in [7, 11) is 0. The lowest BCUT2D eigenvalue weighted by molar-refractivity contribution is -0.384. The van der Waals surface area contributed by atoms with E-state index in [9.17, 15) is 14.9 Å². The van der Waals surface area contributed by atoms with Gasteiger partial charge in [-0.2, -0.15) is 0 Å². The molecule has 1 aliphatic heterocycles. The largest absolute Gasteiger partial charge is 0.324 e. The molecule has 0 fully saturated rings. The normalized spacial score (nSPS) is 13.7. The van der Waals surface area contributed by atoms with Crippen molar-refractivity contribution >= 4 is 23.0 Å². The number of non-ortho nitro benzene ring substituents is 1. The number of nitro groups is 1. The first-order valence-corrected chi connectivity index (χ1v) is 6.33. The maximum absolute atomic E-state index is 11.7. The number of carbonyl (C=O) groups excluding carboxylic acids is 1. The summed E-state index contributed by atoms with van der Waals surface area (Å²) in [6.07, 6.45) is 0. The summed E-state index contributed by atoms with van der Waals surface area (Å²) in [5, 5.41) is 13.5. The number of benzene rings is 2. The second-order valence-corrected chi connectivity index (χ2v) is 4.56. The molecule has 2 aromatic carbocycles. The van der Waals surface area contributed by atoms with Crippen molar-refractivity contribution in [1.82, 2.24) is 0 Å². The van der Waals surface area contributed by atoms with Crippen molar-refractivity contribution < 1.29 is 9.72 Å². The van der Waals surface area contributed by atoms with Gasteiger partial charge in [0.15, 0.2) is 0 Å². The predicted octanol–water partition coefficient (Wildman–Crippen LogP) is 2.38. The summed E-state index contributed by atoms with van der Waals surface area (Å²) < 4.78 is 0. The molecule has 21 heavy (non-hydrogen) atoms. The maximum atomic E-state index is 11.7. The number of benzodiazepines with no additional fused rings is 1. The van der Waals surface area contributed by atoms with Crippen LogP contribution in [-0.4, -0.2) is 23.1 Å². The van der Waals surface area contributed by atoms with Gasteiger partial charge in [-0.1, -0.05) is 18.2 Å². The van der Waals surface area contributed by atoms with E-state index in [2.05, 4.69) is 10.3 Å². The number of nitrogens with zero attached hydrogens (tertiary/aromatic N) is 2. The number of rotatable bonds is 2. The van der Waals surface area contributed by atoms with Gasteiger partial charge in [-0.3, -0.25) is 19.9 Å². The zero-order chi connectivity index (χ0) is 14.8. The van der Waals surface area contributed by atoms with Crippen LogP contribution < -0.4 is 5.32 Å². The van der Waals surface area contributed by atoms with Crippen LogP contribution in [0.25, 0.3) is 0 Å². The molecule has 1 aliphatic rings. The second kappa shape index (κ2) is 5.16. The fourth-order valence-corrected chi connectivity index (χ4v) is 2.21. The van der Waals surface area contributed by atoms with E-state index in [1.807, 2.05) is 18.2 Å². The van der Waals surface area contributed by atoms with Gasteiger partial charge in [0.1, 0.15) is 6.54 Å². The number of aliphatic imine (C=N–C) groups is 1. The van der Waals surface area contributed by atoms with Crippen LogP contribution in [0.1, 0.15) is 11.1 Å². The van der Waals surface area contributed by atoms with E-state index in [0.717, 1.165) is 11.1 Å². The molecule has 3 rings (SSSR count). The van der Waals surface area contributed by atoms with Crippen molar-refractivity contribution in [3.8, 4) is 0 Å². The molecular formula is C15H11N3O3. The fraction of sp³-hybridized carbons (Fsp3) is 0.0667. The minimum Gasteiger partial charge on any atom is -0.324 e. The minimum absolute atomic E-state index is 0.0236. The SMILES string of the molecule is O=C1CN=C(c2ccc([N+](=O)[O-])cc2)c2ccccc2N1. The summed E-state index contributed by atoms with van der Waals surface area (Å²) in [5.74, 6) is -0.181. The average Bonchev–Trinajstić information content (AvgIpc) is 2.65. The molecule has 104 valence electrons. The summed E-state index contributed by atoms with van der Waals surface area (Å²) >= 11 is 0. The molecule has 0 radical (unpaired) electrons. The highest BCUT2D eigenvalue weighted by Crippen LogP contribution is 2.23. The second-order valence-electron chi connectivity index (χ2n) is 4.56. The molecule has 0 aliphatic carbocycles. The fourth-order valence-electron chi connectivity index (χ4n) is 2.21. The quantitative estimate of drug-likeness (QED) is 0.677. The van der Waals surface area contributed by atoms with E-state index in [-0.39, 0.29) is 18.1 Å². The standard InChI is InChI=1S/C15H11N3O3/c19-14-9-16-15(12-3-1-2-4-13(12)17-14)10-5-7-11(8-6-10)18(20)21/h1-8H,9H2,(H,17,19). The topological polar surface area (TPSA) is 84.6 Å². The van der Waals surface area contributed by atoms with Crippen molar-refractivity contribution in [1.29, 1.82) is 0 Å². The molecular weight excluding hydrogens is 270 g/mol. The molecule has 1 N–H and O–H groups in total. The van der Waals surface area contributed by atoms with E-state index in [0.29, 0.717) is 11.4 Å². The zero-order valence-electron chi connectivity index (χ0n) is 10.9. The Morgan fingerprint density at radius 2 is 1.81 bits per heavy atom. The third-order valence-electron chi connectivity index (χ3n) is 3.19. The Morgan fingerprint density at radius 3 is 2.52 bits per heavy atom. The van der Waals surface area contributed by atoms with E-state index in [1.54, 1.807) is 18.2 Å². The molecule has 0 saturated carbocycles. The molecule has 0 aromatic heterocycles. The Morgan fingerprint density at radius 1 is 1.10 bits per heavy atom. The van der Waals surface area contributed by atoms with Crippen LogP contribution in [0.15, 0.2) is 53.5 Å². The highest BCUT2D eigenvalue weighted by molar-refractivity contribution is 6.19. The number of fused-ring (bicyclic) bond motifs is 1. The van der Waals surface area contributed by atoms with Gasteiger partial charge in [0, 0.05) is 23.3 Å². The first-order chi connectivity index (χ1) is 10.1. The first kappa shape index (κ1) is 13.0. The number of amides is 1. The number of hydrogen-bond donors (Lipinski definition) is 1. The van der Waals surface area contributed by atoms with Gasteiger partial charge >= 0.3 is 0 Å². The summed E-state index contributed by atoms with van der Waals surface area (Å²) in [6.45, 7) is 0.0288. The minimum atomic E-state index is -0.447. The number of nitrogens with one attached hydrogen (secondary N) is 1. The van der Waals surface area contributed by atoms with Crippen molar-refractivity contribution in [3.05, 3.63) is 69.8 Å². The first-order valence-electron chi connectivity index (χ1n) is 6.33. The van der Waals surface area contributed by atoms with Crippen molar-refractivity contribution in [2.75, 3.05) is 11.9 Å². The van der Waals surface area contributed by atoms with Crippen LogP contribution in [0.2, 0.25) is 0 Å². The van der Waals surface area contributed by atoms with E-state index in [1.165, 1.54) is 12.1 Å². The predicted molar refractivity (Wildman–Crippen MR) is 78.7 cm³/mol. The smallest absolute Gasteiger partial charge is 0.269 e. The Hall–Kier alpha value is -3.02. The van der Waals surface area contributed by atoms with E-state index < -0.39 is 4.92 Å². The van der Waals surface area contributed by atoms with Gasteiger partial charge in [-0.25, -0.2) is 0 Å². The van der Waals surface area contributed by atoms with Gasteiger partial charge in [0.25, 0.3) is 5.69 Å². The van der Waals surface area contributed by atoms with Gasteiger partial charge in [-0.15, -0.1) is 0 Å². The molecule has 6 heteroatoms. The van der Waals surface area contributed by atoms with E-state index in [4.69, 9.17) is 0 Å². The number of anilines is 1. The van der Waals surface area contributed by atoms with Gasteiger partial charge in [0.05, 0.1) is 16.3 Å². The molecule has 6 nitrogen and oxygen atoms in total. The van der Waals surface area contributed by atoms with Gasteiger partial charge in [0.2, 0.25) is 5.91 Å². The van der Waals surface area contributed by atoms with Gasteiger partial charge < -0.3 is 5.32 Å². The third-order valence-corrected chi connectivity index (χ3v) is 3.19. The monoisotopic (exact) mass is 281 g/mol. The lowest BCUT2D eigenvalue weighted by Gasteiger charge is -2.09. The summed E-state index contributed by atoms with van der Waals surface area (Å²) in [4.78, 5) is 26.2. The average molecular weight is 281 g/mol. The number of para-hydroxylation sites is 1. The molecule has 0 saturated heterocycles. The van der Waals surface area contributed by atoms with Crippen molar-refractivity contribution in [3.63, 3.8) is 0 Å². The van der Waals surface area contributed by atoms with Crippen LogP contribution in [0.4, 0.5) is 11.4 Å². The molecule has 0 spiro atoms. The molecule has 0 bridgehead atoms. The number of carbonyl (C=O) groups is 1. The Bertz CT molecular complexity index is 751. The molecule has 1 heterocycles. The summed E-state index contributed by atoms with van der Waals surface area (Å²) in [5.41, 5.74) is 2.91. The molecule has 0 atom stereocenters. The highest BCUT2D eigenvalue weighted by atomic mass is 16.6. The molecule has 1 amide bonds. The number of hydrogen-bond acceptors (Lipinski definition) is 4. The Kier molecular flexibility index (Phi) is 3.19. The van der Waals surface area contributed by atoms with Crippen molar-refractivity contribution in [2.45, 2.75) is 0 Å².